The van der Waals surface area contributed by atoms with E-state index >= 15 is 0 Å². The number of methoxy groups -OCH3 is 1. The number of benzene rings is 3. The van der Waals surface area contributed by atoms with Gasteiger partial charge < -0.3 is 18.7 Å². The molecule has 0 N–H and O–H groups in total. The van der Waals surface area contributed by atoms with Crippen LogP contribution in [0, 0.1) is 24.7 Å². The highest BCUT2D eigenvalue weighted by Crippen LogP contribution is 2.57. The first-order valence-corrected chi connectivity index (χ1v) is 15.5. The fraction of sp³-hybridized carbons (Fsp3) is 0.351. The predicted molar refractivity (Wildman–Crippen MR) is 170 cm³/mol. The van der Waals surface area contributed by atoms with Crippen molar-refractivity contribution in [1.82, 2.24) is 10.1 Å². The van der Waals surface area contributed by atoms with Gasteiger partial charge in [-0.2, -0.15) is 0 Å². The fourth-order valence-electron chi connectivity index (χ4n) is 8.15. The molecule has 1 aromatic heterocycles. The molecule has 0 bridgehead atoms. The standard InChI is InChI=1S/C37H36N2O7/c1-6-16-44-32-24-15-11-10-14-23(24)20(2)27-25(32)17-22-18-26-30(39(3)4)33-29(35(42)37(26,43-5)34(41)28(22)31(27)40)36(38-46-33)45-19-21-12-8-7-9-13-21/h6-15,22,26,28,30H,1,16-19H2,2-5H3. The van der Waals surface area contributed by atoms with Crippen molar-refractivity contribution in [2.75, 3.05) is 27.8 Å². The highest BCUT2D eigenvalue weighted by Gasteiger charge is 2.68. The van der Waals surface area contributed by atoms with Crippen LogP contribution in [0.3, 0.4) is 0 Å². The number of carbonyl (C=O) groups is 3. The third-order valence-electron chi connectivity index (χ3n) is 10.1. The highest BCUT2D eigenvalue weighted by molar-refractivity contribution is 6.27. The number of rotatable bonds is 8. The molecule has 3 aromatic carbocycles. The molecule has 0 spiro atoms. The molecule has 0 amide bonds. The Labute approximate surface area is 267 Å². The first kappa shape index (κ1) is 30.1. The molecule has 5 unspecified atom stereocenters. The van der Waals surface area contributed by atoms with E-state index in [1.807, 2.05) is 80.5 Å². The number of carbonyl (C=O) groups excluding carboxylic acids is 3. The molecule has 3 aliphatic rings. The van der Waals surface area contributed by atoms with Crippen LogP contribution in [-0.2, 0) is 22.6 Å². The number of Topliss-reactive ketones (excluding diaryl/α,β-unsaturated/α-hetero) is 3. The summed E-state index contributed by atoms with van der Waals surface area (Å²) in [6.45, 7) is 6.14. The SMILES string of the molecule is C=CCOc1c2c(c(C)c3ccccc13)C(=O)C1C(=O)C3(OC)C(=O)c4c(OCc5ccccc5)noc4C(N(C)C)C3CC1C2. The fourth-order valence-corrected chi connectivity index (χ4v) is 8.15. The molecule has 0 radical (unpaired) electrons. The second-order valence-corrected chi connectivity index (χ2v) is 12.6. The number of aromatic nitrogens is 1. The van der Waals surface area contributed by atoms with Crippen LogP contribution < -0.4 is 9.47 Å². The van der Waals surface area contributed by atoms with Gasteiger partial charge in [0.2, 0.25) is 5.78 Å². The van der Waals surface area contributed by atoms with Crippen molar-refractivity contribution in [2.45, 2.75) is 38.0 Å². The number of hydrogen-bond acceptors (Lipinski definition) is 9. The third-order valence-corrected chi connectivity index (χ3v) is 10.1. The van der Waals surface area contributed by atoms with Gasteiger partial charge in [0, 0.05) is 29.5 Å². The maximum absolute atomic E-state index is 14.9. The third kappa shape index (κ3) is 4.22. The lowest BCUT2D eigenvalue weighted by atomic mass is 9.53. The summed E-state index contributed by atoms with van der Waals surface area (Å²) in [5.74, 6) is -2.49. The molecule has 1 fully saturated rings. The summed E-state index contributed by atoms with van der Waals surface area (Å²) < 4.78 is 24.1. The summed E-state index contributed by atoms with van der Waals surface area (Å²) >= 11 is 0. The topological polar surface area (TPSA) is 108 Å². The van der Waals surface area contributed by atoms with Gasteiger partial charge >= 0.3 is 0 Å². The van der Waals surface area contributed by atoms with E-state index in [0.717, 1.165) is 27.5 Å². The van der Waals surface area contributed by atoms with E-state index in [0.29, 0.717) is 29.9 Å². The number of fused-ring (bicyclic) bond motifs is 5. The molecular weight excluding hydrogens is 584 g/mol. The maximum Gasteiger partial charge on any atom is 0.265 e. The predicted octanol–water partition coefficient (Wildman–Crippen LogP) is 5.72. The molecule has 9 heteroatoms. The molecule has 1 saturated carbocycles. The molecular formula is C37H36N2O7. The lowest BCUT2D eigenvalue weighted by molar-refractivity contribution is -0.159. The van der Waals surface area contributed by atoms with E-state index in [1.54, 1.807) is 6.08 Å². The molecule has 3 aliphatic carbocycles. The van der Waals surface area contributed by atoms with Gasteiger partial charge in [-0.3, -0.25) is 19.3 Å². The second kappa shape index (κ2) is 11.3. The molecule has 1 heterocycles. The van der Waals surface area contributed by atoms with Crippen LogP contribution in [0.2, 0.25) is 0 Å². The van der Waals surface area contributed by atoms with Crippen molar-refractivity contribution >= 4 is 28.1 Å². The number of ketones is 3. The second-order valence-electron chi connectivity index (χ2n) is 12.6. The Morgan fingerprint density at radius 1 is 1.02 bits per heavy atom. The Kier molecular flexibility index (Phi) is 7.41. The Morgan fingerprint density at radius 2 is 1.74 bits per heavy atom. The smallest absolute Gasteiger partial charge is 0.265 e. The van der Waals surface area contributed by atoms with Crippen LogP contribution in [-0.4, -0.2) is 60.8 Å². The van der Waals surface area contributed by atoms with E-state index in [4.69, 9.17) is 18.7 Å². The summed E-state index contributed by atoms with van der Waals surface area (Å²) in [6.07, 6.45) is 2.49. The Hall–Kier alpha value is -4.60. The van der Waals surface area contributed by atoms with E-state index in [9.17, 15) is 14.4 Å². The van der Waals surface area contributed by atoms with E-state index in [1.165, 1.54) is 7.11 Å². The number of ether oxygens (including phenoxy) is 3. The van der Waals surface area contributed by atoms with Gasteiger partial charge in [-0.05, 0) is 61.4 Å². The number of nitrogens with zero attached hydrogens (tertiary/aromatic N) is 2. The van der Waals surface area contributed by atoms with Crippen molar-refractivity contribution in [3.63, 3.8) is 0 Å². The molecule has 0 saturated heterocycles. The first-order valence-electron chi connectivity index (χ1n) is 15.5. The zero-order valence-corrected chi connectivity index (χ0v) is 26.4. The monoisotopic (exact) mass is 620 g/mol. The van der Waals surface area contributed by atoms with Gasteiger partial charge in [-0.25, -0.2) is 0 Å². The van der Waals surface area contributed by atoms with Crippen LogP contribution in [0.5, 0.6) is 11.6 Å². The first-order chi connectivity index (χ1) is 22.2. The van der Waals surface area contributed by atoms with Crippen LogP contribution >= 0.6 is 0 Å². The molecule has 5 atom stereocenters. The minimum atomic E-state index is -1.92. The van der Waals surface area contributed by atoms with Gasteiger partial charge in [0.15, 0.2) is 22.9 Å². The lowest BCUT2D eigenvalue weighted by Gasteiger charge is -2.52. The van der Waals surface area contributed by atoms with Crippen molar-refractivity contribution in [2.24, 2.45) is 17.8 Å². The van der Waals surface area contributed by atoms with E-state index in [-0.39, 0.29) is 36.4 Å². The summed E-state index contributed by atoms with van der Waals surface area (Å²) in [5.41, 5.74) is 1.13. The van der Waals surface area contributed by atoms with Gasteiger partial charge in [-0.1, -0.05) is 67.3 Å². The lowest BCUT2D eigenvalue weighted by Crippen LogP contribution is -2.67. The summed E-state index contributed by atoms with van der Waals surface area (Å²) in [5, 5.41) is 5.95. The van der Waals surface area contributed by atoms with Crippen LogP contribution in [0.15, 0.2) is 71.8 Å². The van der Waals surface area contributed by atoms with Crippen LogP contribution in [0.25, 0.3) is 10.8 Å². The van der Waals surface area contributed by atoms with Gasteiger partial charge in [-0.15, -0.1) is 0 Å². The Morgan fingerprint density at radius 3 is 2.43 bits per heavy atom. The van der Waals surface area contributed by atoms with E-state index in [2.05, 4.69) is 11.7 Å². The summed E-state index contributed by atoms with van der Waals surface area (Å²) in [4.78, 5) is 46.0. The molecule has 236 valence electrons. The van der Waals surface area contributed by atoms with Crippen molar-refractivity contribution < 1.29 is 33.1 Å². The Balaban J connectivity index is 1.35. The van der Waals surface area contributed by atoms with Gasteiger partial charge in [0.1, 0.15) is 24.5 Å². The van der Waals surface area contributed by atoms with Crippen molar-refractivity contribution in [1.29, 1.82) is 0 Å². The minimum absolute atomic E-state index is 0.00661. The van der Waals surface area contributed by atoms with Gasteiger partial charge in [0.05, 0.1) is 12.0 Å². The minimum Gasteiger partial charge on any atom is -0.489 e. The van der Waals surface area contributed by atoms with E-state index < -0.39 is 35.0 Å². The molecule has 4 aromatic rings. The van der Waals surface area contributed by atoms with Crippen molar-refractivity contribution in [3.05, 3.63) is 101 Å². The molecule has 7 rings (SSSR count). The summed E-state index contributed by atoms with van der Waals surface area (Å²) in [6, 6.07) is 16.8. The molecule has 0 aliphatic heterocycles. The average molecular weight is 621 g/mol. The zero-order chi connectivity index (χ0) is 32.3. The van der Waals surface area contributed by atoms with Gasteiger partial charge in [0.25, 0.3) is 5.88 Å². The maximum atomic E-state index is 14.9. The number of hydrogen-bond donors (Lipinski definition) is 0. The normalized spacial score (nSPS) is 25.1. The van der Waals surface area contributed by atoms with Crippen molar-refractivity contribution in [3.8, 4) is 11.6 Å². The quantitative estimate of drug-likeness (QED) is 0.180. The Bertz CT molecular complexity index is 1890. The highest BCUT2D eigenvalue weighted by atomic mass is 16.5. The molecule has 46 heavy (non-hydrogen) atoms. The van der Waals surface area contributed by atoms with Crippen LogP contribution in [0.1, 0.15) is 55.6 Å². The average Bonchev–Trinajstić information content (AvgIpc) is 3.47. The van der Waals surface area contributed by atoms with Crippen LogP contribution in [0.4, 0.5) is 0 Å². The largest absolute Gasteiger partial charge is 0.489 e. The number of aryl methyl sites for hydroxylation is 1. The molecule has 9 nitrogen and oxygen atoms in total. The summed E-state index contributed by atoms with van der Waals surface area (Å²) in [7, 11) is 5.11. The zero-order valence-electron chi connectivity index (χ0n) is 26.4.